The lowest BCUT2D eigenvalue weighted by Crippen LogP contribution is -2.48. The number of carbonyl (C=O) groups is 2. The number of methoxy groups -OCH3 is 1. The Morgan fingerprint density at radius 3 is 2.69 bits per heavy atom. The number of carbonyl (C=O) groups excluding carboxylic acids is 2. The van der Waals surface area contributed by atoms with E-state index in [0.29, 0.717) is 35.8 Å². The summed E-state index contributed by atoms with van der Waals surface area (Å²) in [6, 6.07) is 4.60. The van der Waals surface area contributed by atoms with Crippen LogP contribution in [0.3, 0.4) is 0 Å². The standard InChI is InChI=1S/C19H26ClN3O3/c1-21-8-4-9-22(12-11-21)19(25)16-5-3-10-23(16)18(24)15-13-14(20)6-7-17(15)26-2/h6-7,13,16H,3-5,8-12H2,1-2H3. The predicted octanol–water partition coefficient (Wildman–Crippen LogP) is 2.12. The van der Waals surface area contributed by atoms with Crippen LogP contribution >= 0.6 is 11.6 Å². The number of ether oxygens (including phenoxy) is 1. The summed E-state index contributed by atoms with van der Waals surface area (Å²) in [5, 5.41) is 0.478. The fraction of sp³-hybridized carbons (Fsp3) is 0.579. The van der Waals surface area contributed by atoms with Gasteiger partial charge in [-0.05, 0) is 51.1 Å². The van der Waals surface area contributed by atoms with Crippen molar-refractivity contribution in [2.45, 2.75) is 25.3 Å². The number of rotatable bonds is 3. The quantitative estimate of drug-likeness (QED) is 0.807. The molecule has 2 amide bonds. The van der Waals surface area contributed by atoms with Crippen LogP contribution in [0.2, 0.25) is 5.02 Å². The van der Waals surface area contributed by atoms with Crippen LogP contribution in [0.1, 0.15) is 29.6 Å². The highest BCUT2D eigenvalue weighted by atomic mass is 35.5. The topological polar surface area (TPSA) is 53.1 Å². The Labute approximate surface area is 159 Å². The lowest BCUT2D eigenvalue weighted by Gasteiger charge is -2.30. The summed E-state index contributed by atoms with van der Waals surface area (Å²) in [5.41, 5.74) is 0.412. The Balaban J connectivity index is 1.78. The monoisotopic (exact) mass is 379 g/mol. The van der Waals surface area contributed by atoms with Crippen molar-refractivity contribution >= 4 is 23.4 Å². The van der Waals surface area contributed by atoms with Crippen LogP contribution in [0.15, 0.2) is 18.2 Å². The first-order valence-electron chi connectivity index (χ1n) is 9.13. The molecule has 0 radical (unpaired) electrons. The zero-order valence-corrected chi connectivity index (χ0v) is 16.2. The van der Waals surface area contributed by atoms with Gasteiger partial charge in [0.25, 0.3) is 5.91 Å². The zero-order valence-electron chi connectivity index (χ0n) is 15.4. The highest BCUT2D eigenvalue weighted by Gasteiger charge is 2.38. The van der Waals surface area contributed by atoms with Crippen molar-refractivity contribution in [2.24, 2.45) is 0 Å². The van der Waals surface area contributed by atoms with E-state index < -0.39 is 6.04 Å². The van der Waals surface area contributed by atoms with Crippen molar-refractivity contribution in [3.05, 3.63) is 28.8 Å². The van der Waals surface area contributed by atoms with Crippen LogP contribution in [0, 0.1) is 0 Å². The van der Waals surface area contributed by atoms with Gasteiger partial charge in [-0.25, -0.2) is 0 Å². The second-order valence-corrected chi connectivity index (χ2v) is 7.42. The molecule has 2 saturated heterocycles. The number of benzene rings is 1. The molecule has 0 bridgehead atoms. The fourth-order valence-corrected chi connectivity index (χ4v) is 3.92. The van der Waals surface area contributed by atoms with E-state index in [0.717, 1.165) is 32.5 Å². The van der Waals surface area contributed by atoms with E-state index >= 15 is 0 Å². The van der Waals surface area contributed by atoms with Crippen LogP contribution in [0.4, 0.5) is 0 Å². The van der Waals surface area contributed by atoms with Gasteiger partial charge in [0.15, 0.2) is 0 Å². The maximum atomic E-state index is 13.1. The SMILES string of the molecule is COc1ccc(Cl)cc1C(=O)N1CCCC1C(=O)N1CCCN(C)CC1. The number of likely N-dealkylation sites (N-methyl/N-ethyl adjacent to an activating group) is 1. The molecule has 1 unspecified atom stereocenters. The zero-order chi connectivity index (χ0) is 18.7. The van der Waals surface area contributed by atoms with Crippen molar-refractivity contribution in [3.8, 4) is 5.75 Å². The van der Waals surface area contributed by atoms with Crippen LogP contribution < -0.4 is 4.74 Å². The molecule has 1 atom stereocenters. The first kappa shape index (κ1) is 19.0. The van der Waals surface area contributed by atoms with Gasteiger partial charge in [-0.15, -0.1) is 0 Å². The summed E-state index contributed by atoms with van der Waals surface area (Å²) in [5.74, 6) is 0.355. The molecule has 142 valence electrons. The maximum absolute atomic E-state index is 13.1. The van der Waals surface area contributed by atoms with E-state index in [1.165, 1.54) is 7.11 Å². The normalized spacial score (nSPS) is 21.6. The molecule has 7 heteroatoms. The first-order chi connectivity index (χ1) is 12.5. The minimum absolute atomic E-state index is 0.0622. The molecule has 2 heterocycles. The summed E-state index contributed by atoms with van der Waals surface area (Å²) in [6.07, 6.45) is 2.50. The Kier molecular flexibility index (Phi) is 6.04. The van der Waals surface area contributed by atoms with Crippen LogP contribution in [0.25, 0.3) is 0 Å². The minimum Gasteiger partial charge on any atom is -0.496 e. The van der Waals surface area contributed by atoms with Crippen LogP contribution in [-0.2, 0) is 4.79 Å². The number of hydrogen-bond donors (Lipinski definition) is 0. The third-order valence-corrected chi connectivity index (χ3v) is 5.46. The molecule has 26 heavy (non-hydrogen) atoms. The van der Waals surface area contributed by atoms with Crippen molar-refractivity contribution in [2.75, 3.05) is 46.9 Å². The smallest absolute Gasteiger partial charge is 0.258 e. The fourth-order valence-electron chi connectivity index (χ4n) is 3.75. The number of halogens is 1. The molecule has 0 saturated carbocycles. The number of amides is 2. The van der Waals surface area contributed by atoms with Crippen molar-refractivity contribution in [3.63, 3.8) is 0 Å². The van der Waals surface area contributed by atoms with Gasteiger partial charge in [0, 0.05) is 31.2 Å². The molecule has 2 fully saturated rings. The summed E-state index contributed by atoms with van der Waals surface area (Å²) < 4.78 is 5.31. The first-order valence-corrected chi connectivity index (χ1v) is 9.51. The highest BCUT2D eigenvalue weighted by Crippen LogP contribution is 2.28. The third kappa shape index (κ3) is 3.96. The summed E-state index contributed by atoms with van der Waals surface area (Å²) >= 11 is 6.07. The van der Waals surface area contributed by atoms with Gasteiger partial charge in [0.05, 0.1) is 12.7 Å². The molecule has 0 aliphatic carbocycles. The van der Waals surface area contributed by atoms with Crippen molar-refractivity contribution in [1.82, 2.24) is 14.7 Å². The van der Waals surface area contributed by atoms with Gasteiger partial charge in [-0.1, -0.05) is 11.6 Å². The van der Waals surface area contributed by atoms with Gasteiger partial charge in [0.1, 0.15) is 11.8 Å². The molecule has 1 aromatic rings. The summed E-state index contributed by atoms with van der Waals surface area (Å²) in [6.45, 7) is 3.92. The van der Waals surface area contributed by atoms with Gasteiger partial charge < -0.3 is 19.4 Å². The van der Waals surface area contributed by atoms with Gasteiger partial charge in [-0.2, -0.15) is 0 Å². The lowest BCUT2D eigenvalue weighted by molar-refractivity contribution is -0.135. The summed E-state index contributed by atoms with van der Waals surface area (Å²) in [4.78, 5) is 32.0. The van der Waals surface area contributed by atoms with Crippen molar-refractivity contribution in [1.29, 1.82) is 0 Å². The van der Waals surface area contributed by atoms with E-state index in [2.05, 4.69) is 11.9 Å². The van der Waals surface area contributed by atoms with Gasteiger partial charge in [0.2, 0.25) is 5.91 Å². The molecule has 0 N–H and O–H groups in total. The maximum Gasteiger partial charge on any atom is 0.258 e. The van der Waals surface area contributed by atoms with Crippen LogP contribution in [0.5, 0.6) is 5.75 Å². The van der Waals surface area contributed by atoms with E-state index in [9.17, 15) is 9.59 Å². The molecule has 3 rings (SSSR count). The molecule has 2 aliphatic rings. The molecule has 2 aliphatic heterocycles. The van der Waals surface area contributed by atoms with E-state index in [-0.39, 0.29) is 11.8 Å². The minimum atomic E-state index is -0.394. The lowest BCUT2D eigenvalue weighted by atomic mass is 10.1. The summed E-state index contributed by atoms with van der Waals surface area (Å²) in [7, 11) is 3.60. The van der Waals surface area contributed by atoms with Crippen molar-refractivity contribution < 1.29 is 14.3 Å². The van der Waals surface area contributed by atoms with Crippen LogP contribution in [-0.4, -0.2) is 79.4 Å². The average molecular weight is 380 g/mol. The largest absolute Gasteiger partial charge is 0.496 e. The number of nitrogens with zero attached hydrogens (tertiary/aromatic N) is 3. The highest BCUT2D eigenvalue weighted by molar-refractivity contribution is 6.31. The Bertz CT molecular complexity index is 682. The predicted molar refractivity (Wildman–Crippen MR) is 101 cm³/mol. The van der Waals surface area contributed by atoms with Gasteiger partial charge in [-0.3, -0.25) is 9.59 Å². The Hall–Kier alpha value is -1.79. The molecular weight excluding hydrogens is 354 g/mol. The van der Waals surface area contributed by atoms with E-state index in [1.807, 2.05) is 4.90 Å². The molecule has 0 spiro atoms. The molecule has 1 aromatic carbocycles. The Morgan fingerprint density at radius 1 is 1.12 bits per heavy atom. The second kappa shape index (κ2) is 8.27. The van der Waals surface area contributed by atoms with E-state index in [4.69, 9.17) is 16.3 Å². The molecular formula is C19H26ClN3O3. The number of likely N-dealkylation sites (tertiary alicyclic amines) is 1. The second-order valence-electron chi connectivity index (χ2n) is 6.98. The van der Waals surface area contributed by atoms with E-state index in [1.54, 1.807) is 23.1 Å². The number of hydrogen-bond acceptors (Lipinski definition) is 4. The average Bonchev–Trinajstić information content (AvgIpc) is 3.03. The van der Waals surface area contributed by atoms with Gasteiger partial charge >= 0.3 is 0 Å². The Morgan fingerprint density at radius 2 is 1.92 bits per heavy atom. The third-order valence-electron chi connectivity index (χ3n) is 5.22. The molecule has 0 aromatic heterocycles. The molecule has 6 nitrogen and oxygen atoms in total.